The number of pyridine rings is 1. The Morgan fingerprint density at radius 1 is 0.927 bits per heavy atom. The maximum absolute atomic E-state index is 12.9. The molecule has 8 nitrogen and oxygen atoms in total. The van der Waals surface area contributed by atoms with Crippen LogP contribution in [0.1, 0.15) is 48.4 Å². The first-order valence-electron chi connectivity index (χ1n) is 13.3. The van der Waals surface area contributed by atoms with E-state index < -0.39 is 23.8 Å². The van der Waals surface area contributed by atoms with Crippen LogP contribution in [0.3, 0.4) is 0 Å². The number of aliphatic hydroxyl groups is 1. The van der Waals surface area contributed by atoms with E-state index in [1.807, 2.05) is 42.5 Å². The van der Waals surface area contributed by atoms with E-state index in [4.69, 9.17) is 9.47 Å². The van der Waals surface area contributed by atoms with Gasteiger partial charge in [0.05, 0.1) is 12.6 Å². The zero-order chi connectivity index (χ0) is 29.4. The fourth-order valence-electron chi connectivity index (χ4n) is 4.18. The van der Waals surface area contributed by atoms with E-state index in [0.29, 0.717) is 24.3 Å². The van der Waals surface area contributed by atoms with E-state index >= 15 is 0 Å². The Bertz CT molecular complexity index is 1450. The van der Waals surface area contributed by atoms with Crippen molar-refractivity contribution in [1.82, 2.24) is 9.88 Å². The van der Waals surface area contributed by atoms with Gasteiger partial charge in [0.2, 0.25) is 0 Å². The fourth-order valence-corrected chi connectivity index (χ4v) is 4.18. The predicted octanol–water partition coefficient (Wildman–Crippen LogP) is 6.75. The molecule has 4 rings (SSSR count). The molecule has 1 atom stereocenters. The van der Waals surface area contributed by atoms with Crippen LogP contribution in [0.4, 0.5) is 4.79 Å². The highest BCUT2D eigenvalue weighted by atomic mass is 16.6. The summed E-state index contributed by atoms with van der Waals surface area (Å²) in [4.78, 5) is 30.3. The van der Waals surface area contributed by atoms with Gasteiger partial charge < -0.3 is 24.6 Å². The van der Waals surface area contributed by atoms with E-state index in [0.717, 1.165) is 16.7 Å². The first-order valence-corrected chi connectivity index (χ1v) is 13.3. The summed E-state index contributed by atoms with van der Waals surface area (Å²) in [7, 11) is 0. The molecule has 2 N–H and O–H groups in total. The number of aromatic nitrogens is 1. The Morgan fingerprint density at radius 3 is 2.27 bits per heavy atom. The average Bonchev–Trinajstić information content (AvgIpc) is 2.95. The van der Waals surface area contributed by atoms with E-state index in [1.165, 1.54) is 11.0 Å². The first-order chi connectivity index (χ1) is 19.6. The molecule has 0 unspecified atom stereocenters. The molecule has 0 saturated heterocycles. The van der Waals surface area contributed by atoms with Crippen LogP contribution in [-0.4, -0.2) is 50.9 Å². The number of carbonyl (C=O) groups is 2. The summed E-state index contributed by atoms with van der Waals surface area (Å²) < 4.78 is 11.5. The highest BCUT2D eigenvalue weighted by Crippen LogP contribution is 2.31. The van der Waals surface area contributed by atoms with E-state index in [1.54, 1.807) is 69.6 Å². The lowest BCUT2D eigenvalue weighted by Crippen LogP contribution is -2.40. The van der Waals surface area contributed by atoms with E-state index in [2.05, 4.69) is 4.98 Å². The highest BCUT2D eigenvalue weighted by molar-refractivity contribution is 5.92. The number of amides is 1. The Kier molecular flexibility index (Phi) is 9.37. The van der Waals surface area contributed by atoms with Gasteiger partial charge in [-0.15, -0.1) is 0 Å². The second-order valence-electron chi connectivity index (χ2n) is 10.6. The third-order valence-electron chi connectivity index (χ3n) is 6.25. The lowest BCUT2D eigenvalue weighted by Gasteiger charge is -2.29. The van der Waals surface area contributed by atoms with E-state index in [9.17, 15) is 19.8 Å². The molecule has 0 aliphatic carbocycles. The molecule has 1 amide bonds. The molecule has 212 valence electrons. The molecule has 0 radical (unpaired) electrons. The van der Waals surface area contributed by atoms with Gasteiger partial charge in [-0.3, -0.25) is 4.98 Å². The molecule has 0 saturated carbocycles. The summed E-state index contributed by atoms with van der Waals surface area (Å²) in [5, 5.41) is 20.4. The van der Waals surface area contributed by atoms with Crippen LogP contribution in [0, 0.1) is 0 Å². The van der Waals surface area contributed by atoms with Gasteiger partial charge in [0.1, 0.15) is 22.7 Å². The van der Waals surface area contributed by atoms with Crippen LogP contribution in [0.2, 0.25) is 0 Å². The minimum absolute atomic E-state index is 0.0683. The van der Waals surface area contributed by atoms with Crippen LogP contribution in [0.5, 0.6) is 11.5 Å². The number of aromatic carboxylic acids is 1. The summed E-state index contributed by atoms with van der Waals surface area (Å²) in [6.07, 6.45) is 2.35. The fraction of sp³-hybridized carbons (Fsp3) is 0.242. The van der Waals surface area contributed by atoms with Gasteiger partial charge in [0.25, 0.3) is 0 Å². The standard InChI is InChI=1S/C33H34N2O6/c1-33(2,3)41-32(39)35(22-29(36)26-8-7-18-34-21-26)19-17-23-11-13-24(14-12-23)25-15-16-28(31(37)38)30(20-25)40-27-9-5-4-6-10-27/h4-16,18,20-21,29,36H,17,19,22H2,1-3H3,(H,37,38)/t29-/m0/s1. The molecule has 4 aromatic rings. The smallest absolute Gasteiger partial charge is 0.410 e. The second kappa shape index (κ2) is 13.1. The van der Waals surface area contributed by atoms with Crippen molar-refractivity contribution in [3.8, 4) is 22.6 Å². The lowest BCUT2D eigenvalue weighted by atomic mass is 10.0. The minimum atomic E-state index is -1.07. The minimum Gasteiger partial charge on any atom is -0.478 e. The lowest BCUT2D eigenvalue weighted by molar-refractivity contribution is 0.0146. The number of carboxylic acids is 1. The third kappa shape index (κ3) is 8.40. The van der Waals surface area contributed by atoms with Crippen LogP contribution in [0.25, 0.3) is 11.1 Å². The number of benzene rings is 3. The largest absolute Gasteiger partial charge is 0.478 e. The van der Waals surface area contributed by atoms with Gasteiger partial charge in [-0.2, -0.15) is 0 Å². The quantitative estimate of drug-likeness (QED) is 0.223. The summed E-state index contributed by atoms with van der Waals surface area (Å²) in [5.74, 6) is -0.267. The third-order valence-corrected chi connectivity index (χ3v) is 6.25. The molecular weight excluding hydrogens is 520 g/mol. The predicted molar refractivity (Wildman–Crippen MR) is 156 cm³/mol. The molecular formula is C33H34N2O6. The van der Waals surface area contributed by atoms with Crippen LogP contribution in [-0.2, 0) is 11.2 Å². The monoisotopic (exact) mass is 554 g/mol. The van der Waals surface area contributed by atoms with Crippen molar-refractivity contribution < 1.29 is 29.3 Å². The molecule has 1 aromatic heterocycles. The van der Waals surface area contributed by atoms with Gasteiger partial charge in [-0.05, 0) is 74.2 Å². The van der Waals surface area contributed by atoms with Crippen molar-refractivity contribution in [3.63, 3.8) is 0 Å². The second-order valence-corrected chi connectivity index (χ2v) is 10.6. The van der Waals surface area contributed by atoms with Gasteiger partial charge in [-0.1, -0.05) is 54.6 Å². The number of carbonyl (C=O) groups excluding carboxylic acids is 1. The van der Waals surface area contributed by atoms with Crippen molar-refractivity contribution >= 4 is 12.1 Å². The Balaban J connectivity index is 1.48. The number of carboxylic acid groups (broad SMARTS) is 1. The Labute approximate surface area is 239 Å². The molecule has 0 fully saturated rings. The molecule has 41 heavy (non-hydrogen) atoms. The van der Waals surface area contributed by atoms with Crippen molar-refractivity contribution in [1.29, 1.82) is 0 Å². The molecule has 8 heteroatoms. The Hall–Kier alpha value is -4.69. The summed E-state index contributed by atoms with van der Waals surface area (Å²) >= 11 is 0. The van der Waals surface area contributed by atoms with Gasteiger partial charge in [0.15, 0.2) is 0 Å². The number of para-hydroxylation sites is 1. The molecule has 3 aromatic carbocycles. The van der Waals surface area contributed by atoms with Crippen molar-refractivity contribution in [2.45, 2.75) is 38.9 Å². The maximum atomic E-state index is 12.9. The van der Waals surface area contributed by atoms with E-state index in [-0.39, 0.29) is 17.9 Å². The molecule has 0 aliphatic rings. The zero-order valence-electron chi connectivity index (χ0n) is 23.4. The summed E-state index contributed by atoms with van der Waals surface area (Å²) in [5.41, 5.74) is 2.71. The highest BCUT2D eigenvalue weighted by Gasteiger charge is 2.24. The normalized spacial score (nSPS) is 11.9. The van der Waals surface area contributed by atoms with Crippen molar-refractivity contribution in [2.75, 3.05) is 13.1 Å². The number of nitrogens with zero attached hydrogens (tertiary/aromatic N) is 2. The van der Waals surface area contributed by atoms with Crippen LogP contribution in [0.15, 0.2) is 97.3 Å². The number of rotatable bonds is 10. The number of hydrogen-bond donors (Lipinski definition) is 2. The maximum Gasteiger partial charge on any atom is 0.410 e. The molecule has 1 heterocycles. The SMILES string of the molecule is CC(C)(C)OC(=O)N(CCc1ccc(-c2ccc(C(=O)O)c(Oc3ccccc3)c2)cc1)C[C@H](O)c1cccnc1. The number of ether oxygens (including phenoxy) is 2. The topological polar surface area (TPSA) is 109 Å². The molecule has 0 bridgehead atoms. The summed E-state index contributed by atoms with van der Waals surface area (Å²) in [6.45, 7) is 5.82. The first kappa shape index (κ1) is 29.3. The van der Waals surface area contributed by atoms with Crippen LogP contribution >= 0.6 is 0 Å². The van der Waals surface area contributed by atoms with Gasteiger partial charge in [0, 0.05) is 24.5 Å². The van der Waals surface area contributed by atoms with Gasteiger partial charge >= 0.3 is 12.1 Å². The Morgan fingerprint density at radius 2 is 1.63 bits per heavy atom. The van der Waals surface area contributed by atoms with Gasteiger partial charge in [-0.25, -0.2) is 9.59 Å². The summed E-state index contributed by atoms with van der Waals surface area (Å²) in [6, 6.07) is 25.4. The number of hydrogen-bond acceptors (Lipinski definition) is 6. The molecule has 0 spiro atoms. The number of aliphatic hydroxyl groups excluding tert-OH is 1. The van der Waals surface area contributed by atoms with Crippen LogP contribution < -0.4 is 4.74 Å². The average molecular weight is 555 g/mol. The zero-order valence-corrected chi connectivity index (χ0v) is 23.4. The molecule has 0 aliphatic heterocycles. The van der Waals surface area contributed by atoms with Crippen molar-refractivity contribution in [3.05, 3.63) is 114 Å². The van der Waals surface area contributed by atoms with Crippen molar-refractivity contribution in [2.24, 2.45) is 0 Å².